The molecule has 10 heavy (non-hydrogen) atoms. The zero-order chi connectivity index (χ0) is 7.40. The second-order valence-electron chi connectivity index (χ2n) is 1.89. The van der Waals surface area contributed by atoms with Crippen molar-refractivity contribution in [1.29, 1.82) is 0 Å². The lowest BCUT2D eigenvalue weighted by molar-refractivity contribution is 0.274. The maximum atomic E-state index is 5.35. The molecule has 1 N–H and O–H groups in total. The van der Waals surface area contributed by atoms with Gasteiger partial charge in [0, 0.05) is 6.42 Å². The Labute approximate surface area is 65.2 Å². The van der Waals surface area contributed by atoms with E-state index in [-0.39, 0.29) is 5.56 Å². The number of ether oxygens (including phenoxy) is 1. The van der Waals surface area contributed by atoms with Gasteiger partial charge >= 0.3 is 0 Å². The molecule has 4 heteroatoms. The third-order valence-corrected chi connectivity index (χ3v) is 2.00. The minimum Gasteiger partial charge on any atom is -0.445 e. The van der Waals surface area contributed by atoms with Gasteiger partial charge in [0.05, 0.1) is 0 Å². The van der Waals surface area contributed by atoms with Gasteiger partial charge in [0.1, 0.15) is 0 Å². The van der Waals surface area contributed by atoms with Crippen LogP contribution in [0.1, 0.15) is 20.3 Å². The summed E-state index contributed by atoms with van der Waals surface area (Å²) >= 11 is 1.71. The fourth-order valence-corrected chi connectivity index (χ4v) is 1.30. The number of hydrazone groups is 1. The van der Waals surface area contributed by atoms with E-state index in [2.05, 4.69) is 17.5 Å². The number of hydrogen-bond acceptors (Lipinski definition) is 4. The summed E-state index contributed by atoms with van der Waals surface area (Å²) < 4.78 is 5.35. The van der Waals surface area contributed by atoms with Gasteiger partial charge in [-0.2, -0.15) is 0 Å². The van der Waals surface area contributed by atoms with Gasteiger partial charge < -0.3 is 4.74 Å². The fourth-order valence-electron chi connectivity index (χ4n) is 0.686. The monoisotopic (exact) mass is 160 g/mol. The van der Waals surface area contributed by atoms with E-state index >= 15 is 0 Å². The molecule has 0 radical (unpaired) electrons. The van der Waals surface area contributed by atoms with Crippen LogP contribution in [0.4, 0.5) is 0 Å². The largest absolute Gasteiger partial charge is 0.445 e. The van der Waals surface area contributed by atoms with Gasteiger partial charge in [-0.15, -0.1) is 5.10 Å². The Morgan fingerprint density at radius 2 is 2.50 bits per heavy atom. The highest BCUT2D eigenvalue weighted by atomic mass is 32.2. The minimum absolute atomic E-state index is 0.0555. The average molecular weight is 160 g/mol. The summed E-state index contributed by atoms with van der Waals surface area (Å²) in [4.78, 5) is 0. The molecule has 0 aromatic rings. The first-order chi connectivity index (χ1) is 4.86. The van der Waals surface area contributed by atoms with Crippen LogP contribution in [0.3, 0.4) is 0 Å². The molecule has 1 rings (SSSR count). The normalized spacial score (nSPS) is 23.4. The lowest BCUT2D eigenvalue weighted by atomic mass is 10.5. The topological polar surface area (TPSA) is 33.6 Å². The maximum absolute atomic E-state index is 5.35. The molecule has 0 spiro atoms. The van der Waals surface area contributed by atoms with Crippen molar-refractivity contribution < 1.29 is 4.74 Å². The Morgan fingerprint density at radius 3 is 3.00 bits per heavy atom. The van der Waals surface area contributed by atoms with Gasteiger partial charge in [-0.25, -0.2) is 0 Å². The number of nitrogens with zero attached hydrogens (tertiary/aromatic N) is 1. The molecule has 0 amide bonds. The van der Waals surface area contributed by atoms with Crippen LogP contribution in [0, 0.1) is 0 Å². The Kier molecular flexibility index (Phi) is 2.86. The van der Waals surface area contributed by atoms with Crippen LogP contribution in [0.25, 0.3) is 0 Å². The third kappa shape index (κ3) is 1.80. The fraction of sp³-hybridized carbons (Fsp3) is 0.833. The van der Waals surface area contributed by atoms with Crippen LogP contribution >= 0.6 is 11.8 Å². The van der Waals surface area contributed by atoms with E-state index in [9.17, 15) is 0 Å². The molecule has 1 aliphatic rings. The Morgan fingerprint density at radius 1 is 1.70 bits per heavy atom. The predicted molar refractivity (Wildman–Crippen MR) is 43.9 cm³/mol. The number of nitrogens with one attached hydrogen (secondary N) is 1. The van der Waals surface area contributed by atoms with Crippen molar-refractivity contribution in [3.63, 3.8) is 0 Å². The number of thioether (sulfide) groups is 1. The summed E-state index contributed by atoms with van der Waals surface area (Å²) in [6.07, 6.45) is 0.869. The molecular weight excluding hydrogens is 148 g/mol. The van der Waals surface area contributed by atoms with Crippen molar-refractivity contribution in [3.8, 4) is 0 Å². The molecule has 3 nitrogen and oxygen atoms in total. The molecule has 0 bridgehead atoms. The molecule has 0 aromatic carbocycles. The van der Waals surface area contributed by atoms with E-state index in [4.69, 9.17) is 4.74 Å². The van der Waals surface area contributed by atoms with Crippen molar-refractivity contribution >= 4 is 17.7 Å². The Bertz CT molecular complexity index is 138. The first kappa shape index (κ1) is 7.72. The lowest BCUT2D eigenvalue weighted by Crippen LogP contribution is -2.17. The summed E-state index contributed by atoms with van der Waals surface area (Å²) in [5, 5.41) is 3.98. The zero-order valence-corrected chi connectivity index (χ0v) is 7.07. The van der Waals surface area contributed by atoms with Crippen LogP contribution < -0.4 is 5.43 Å². The van der Waals surface area contributed by atoms with E-state index in [1.54, 1.807) is 11.8 Å². The van der Waals surface area contributed by atoms with Crippen molar-refractivity contribution in [3.05, 3.63) is 0 Å². The molecule has 0 saturated heterocycles. The lowest BCUT2D eigenvalue weighted by Gasteiger charge is -2.07. The van der Waals surface area contributed by atoms with Crippen LogP contribution in [-0.4, -0.2) is 17.2 Å². The van der Waals surface area contributed by atoms with Gasteiger partial charge in [-0.05, 0) is 5.75 Å². The molecule has 58 valence electrons. The van der Waals surface area contributed by atoms with Gasteiger partial charge in [0.15, 0.2) is 0 Å². The molecule has 1 heterocycles. The first-order valence-corrected chi connectivity index (χ1v) is 4.52. The van der Waals surface area contributed by atoms with Gasteiger partial charge in [0.2, 0.25) is 11.5 Å². The van der Waals surface area contributed by atoms with Crippen molar-refractivity contribution in [1.82, 2.24) is 5.43 Å². The van der Waals surface area contributed by atoms with E-state index in [0.717, 1.165) is 18.1 Å². The number of hydrogen-bond donors (Lipinski definition) is 1. The smallest absolute Gasteiger partial charge is 0.234 e. The minimum atomic E-state index is 0.0555. The molecular formula is C6H12N2OS. The van der Waals surface area contributed by atoms with E-state index < -0.39 is 0 Å². The second-order valence-corrected chi connectivity index (χ2v) is 3.23. The molecule has 0 fully saturated rings. The first-order valence-electron chi connectivity index (χ1n) is 3.47. The van der Waals surface area contributed by atoms with Crippen molar-refractivity contribution in [2.75, 3.05) is 5.75 Å². The van der Waals surface area contributed by atoms with E-state index in [0.29, 0.717) is 0 Å². The van der Waals surface area contributed by atoms with Crippen LogP contribution in [0.2, 0.25) is 0 Å². The van der Waals surface area contributed by atoms with Crippen LogP contribution in [0.15, 0.2) is 5.10 Å². The highest BCUT2D eigenvalue weighted by molar-refractivity contribution is 7.99. The van der Waals surface area contributed by atoms with E-state index in [1.807, 2.05) is 6.92 Å². The van der Waals surface area contributed by atoms with Gasteiger partial charge in [0.25, 0.3) is 0 Å². The summed E-state index contributed by atoms with van der Waals surface area (Å²) in [5.74, 6) is 1.86. The molecule has 0 aliphatic carbocycles. The summed E-state index contributed by atoms with van der Waals surface area (Å²) in [6.45, 7) is 4.12. The highest BCUT2D eigenvalue weighted by Crippen LogP contribution is 2.14. The molecule has 0 aromatic heterocycles. The number of rotatable bonds is 3. The van der Waals surface area contributed by atoms with Crippen molar-refractivity contribution in [2.24, 2.45) is 5.10 Å². The SMILES string of the molecule is CCSC1NN=C(CC)O1. The highest BCUT2D eigenvalue weighted by Gasteiger charge is 2.16. The average Bonchev–Trinajstić information content (AvgIpc) is 2.37. The third-order valence-electron chi connectivity index (χ3n) is 1.16. The Balaban J connectivity index is 2.22. The van der Waals surface area contributed by atoms with Crippen molar-refractivity contribution in [2.45, 2.75) is 25.8 Å². The zero-order valence-electron chi connectivity index (χ0n) is 6.26. The maximum Gasteiger partial charge on any atom is 0.234 e. The molecule has 0 saturated carbocycles. The second kappa shape index (κ2) is 3.71. The summed E-state index contributed by atoms with van der Waals surface area (Å²) in [6, 6.07) is 0. The molecule has 1 aliphatic heterocycles. The standard InChI is InChI=1S/C6H12N2OS/c1-3-5-7-8-6(9-5)10-4-2/h6,8H,3-4H2,1-2H3. The molecule has 1 atom stereocenters. The van der Waals surface area contributed by atoms with Crippen LogP contribution in [-0.2, 0) is 4.74 Å². The Hall–Kier alpha value is -0.380. The van der Waals surface area contributed by atoms with Crippen LogP contribution in [0.5, 0.6) is 0 Å². The van der Waals surface area contributed by atoms with Gasteiger partial charge in [-0.1, -0.05) is 25.6 Å². The summed E-state index contributed by atoms with van der Waals surface area (Å²) in [7, 11) is 0. The van der Waals surface area contributed by atoms with E-state index in [1.165, 1.54) is 0 Å². The summed E-state index contributed by atoms with van der Waals surface area (Å²) in [5.41, 5.74) is 2.94. The molecule has 1 unspecified atom stereocenters. The predicted octanol–water partition coefficient (Wildman–Crippen LogP) is 1.37. The van der Waals surface area contributed by atoms with Gasteiger partial charge in [-0.3, -0.25) is 5.43 Å². The quantitative estimate of drug-likeness (QED) is 0.677.